The van der Waals surface area contributed by atoms with Crippen molar-refractivity contribution in [2.45, 2.75) is 186 Å². The number of carbonyl (C=O) groups excluding carboxylic acids is 3. The molecule has 4 unspecified atom stereocenters. The number of esters is 1. The second kappa shape index (κ2) is 19.2. The van der Waals surface area contributed by atoms with Gasteiger partial charge in [0.1, 0.15) is 24.4 Å². The standard InChI is InChI=1S/C46H70N2O11S/c1-12-27-14-13-15-35(59-37-17-16-34(24(5)55-37)48(8)45(51)22(2)3)23(4)40(50)32-20-30-29-18-28(58-46-43(54-11)42(53-10)41(52-9)25(6)56-46)19-33(29)44-39(47-26(7)60-44)38(30)31(32)21-36(49)57-27/h20,22-25,27-31,33-35,37-38,41-43,46H,12-19,21H2,1-11H3/t23-,24?,25?,27+,28+,29+,30+,31-,33-,34+,35+,37+,38-,41+,42?,43?,46+/m1/s1. The van der Waals surface area contributed by atoms with Crippen molar-refractivity contribution in [2.24, 2.45) is 29.6 Å². The lowest BCUT2D eigenvalue weighted by atomic mass is 9.67. The minimum atomic E-state index is -0.645. The van der Waals surface area contributed by atoms with Gasteiger partial charge in [0, 0.05) is 69.3 Å². The van der Waals surface area contributed by atoms with Gasteiger partial charge in [-0.15, -0.1) is 11.3 Å². The van der Waals surface area contributed by atoms with Crippen LogP contribution in [-0.4, -0.2) is 123 Å². The molecule has 0 spiro atoms. The van der Waals surface area contributed by atoms with E-state index in [9.17, 15) is 9.59 Å². The smallest absolute Gasteiger partial charge is 0.306 e. The van der Waals surface area contributed by atoms with E-state index in [0.717, 1.165) is 36.4 Å². The van der Waals surface area contributed by atoms with Crippen LogP contribution in [0.2, 0.25) is 0 Å². The summed E-state index contributed by atoms with van der Waals surface area (Å²) < 4.78 is 50.2. The lowest BCUT2D eigenvalue weighted by molar-refractivity contribution is -0.314. The van der Waals surface area contributed by atoms with Gasteiger partial charge in [-0.05, 0) is 83.1 Å². The molecule has 7 rings (SSSR count). The van der Waals surface area contributed by atoms with Crippen molar-refractivity contribution in [2.75, 3.05) is 28.4 Å². The van der Waals surface area contributed by atoms with Crippen LogP contribution in [0.15, 0.2) is 11.6 Å². The number of aromatic nitrogens is 1. The molecule has 1 saturated carbocycles. The van der Waals surface area contributed by atoms with Crippen molar-refractivity contribution in [1.29, 1.82) is 0 Å². The van der Waals surface area contributed by atoms with Gasteiger partial charge >= 0.3 is 5.97 Å². The number of allylic oxidation sites excluding steroid dienone is 2. The molecule has 4 heterocycles. The average Bonchev–Trinajstić information content (AvgIpc) is 3.93. The Morgan fingerprint density at radius 3 is 2.33 bits per heavy atom. The minimum absolute atomic E-state index is 0.00738. The molecule has 1 aromatic rings. The summed E-state index contributed by atoms with van der Waals surface area (Å²) in [5.41, 5.74) is 1.71. The van der Waals surface area contributed by atoms with Crippen molar-refractivity contribution in [3.63, 3.8) is 0 Å². The Morgan fingerprint density at radius 2 is 1.67 bits per heavy atom. The lowest BCUT2D eigenvalue weighted by Gasteiger charge is -2.44. The van der Waals surface area contributed by atoms with E-state index >= 15 is 4.79 Å². The zero-order chi connectivity index (χ0) is 43.2. The summed E-state index contributed by atoms with van der Waals surface area (Å²) in [5.74, 6) is -0.850. The van der Waals surface area contributed by atoms with E-state index in [4.69, 9.17) is 42.9 Å². The highest BCUT2D eigenvalue weighted by atomic mass is 32.1. The third kappa shape index (κ3) is 8.92. The maximum atomic E-state index is 15.1. The Balaban J connectivity index is 1.15. The number of ketones is 1. The number of Topliss-reactive ketones (excluding diaryl/α,β-unsaturated/α-hetero) is 1. The number of aryl methyl sites for hydroxylation is 1. The SMILES string of the molecule is CC[C@H]1CCC[C@H](O[C@H]2CC[C@H](N(C)C(=O)C(C)C)C(C)O2)[C@@H](C)C(=O)C2=C[C@H]3[C@@H]4C[C@H](O[C@@H]5OC(C)[C@H](OC)C(OC)C5OC)C[C@H]4c4sc(C)nc4[C@H]3[C@@H]2CC(=O)O1. The van der Waals surface area contributed by atoms with Gasteiger partial charge in [-0.3, -0.25) is 14.4 Å². The molecule has 1 amide bonds. The second-order valence-electron chi connectivity index (χ2n) is 18.6. The molecule has 1 aromatic heterocycles. The molecule has 60 heavy (non-hydrogen) atoms. The molecule has 3 saturated heterocycles. The van der Waals surface area contributed by atoms with Crippen LogP contribution in [0.3, 0.4) is 0 Å². The van der Waals surface area contributed by atoms with E-state index in [0.29, 0.717) is 31.3 Å². The number of fused-ring (bicyclic) bond motifs is 8. The van der Waals surface area contributed by atoms with Crippen molar-refractivity contribution < 1.29 is 52.3 Å². The molecule has 17 atom stereocenters. The first-order valence-electron chi connectivity index (χ1n) is 22.6. The van der Waals surface area contributed by atoms with Crippen molar-refractivity contribution in [3.05, 3.63) is 27.2 Å². The van der Waals surface area contributed by atoms with Gasteiger partial charge in [0.25, 0.3) is 0 Å². The van der Waals surface area contributed by atoms with Gasteiger partial charge in [0.2, 0.25) is 5.91 Å². The van der Waals surface area contributed by atoms with Crippen LogP contribution in [0.25, 0.3) is 0 Å². The molecule has 0 bridgehead atoms. The fraction of sp³-hybridized carbons (Fsp3) is 0.826. The van der Waals surface area contributed by atoms with E-state index in [1.807, 2.05) is 53.5 Å². The Labute approximate surface area is 360 Å². The Bertz CT molecular complexity index is 1720. The summed E-state index contributed by atoms with van der Waals surface area (Å²) in [6.07, 6.45) is 4.52. The van der Waals surface area contributed by atoms with E-state index in [1.165, 1.54) is 4.88 Å². The first kappa shape index (κ1) is 45.7. The predicted octanol–water partition coefficient (Wildman–Crippen LogP) is 6.88. The van der Waals surface area contributed by atoms with Crippen LogP contribution in [0, 0.1) is 36.5 Å². The molecule has 14 heteroatoms. The van der Waals surface area contributed by atoms with E-state index < -0.39 is 30.7 Å². The zero-order valence-corrected chi connectivity index (χ0v) is 38.4. The minimum Gasteiger partial charge on any atom is -0.462 e. The summed E-state index contributed by atoms with van der Waals surface area (Å²) in [6, 6.07) is -0.0445. The normalized spacial score (nSPS) is 41.0. The van der Waals surface area contributed by atoms with Crippen LogP contribution in [-0.2, 0) is 52.3 Å². The average molecular weight is 859 g/mol. The maximum Gasteiger partial charge on any atom is 0.306 e. The number of rotatable bonds is 10. The van der Waals surface area contributed by atoms with Crippen LogP contribution in [0.4, 0.5) is 0 Å². The zero-order valence-electron chi connectivity index (χ0n) is 37.6. The van der Waals surface area contributed by atoms with Gasteiger partial charge in [-0.1, -0.05) is 33.8 Å². The van der Waals surface area contributed by atoms with Crippen LogP contribution >= 0.6 is 11.3 Å². The first-order valence-corrected chi connectivity index (χ1v) is 23.4. The van der Waals surface area contributed by atoms with Gasteiger partial charge < -0.3 is 42.8 Å². The largest absolute Gasteiger partial charge is 0.462 e. The third-order valence-electron chi connectivity index (χ3n) is 14.7. The number of ether oxygens (including phenoxy) is 8. The molecular formula is C46H70N2O11S. The Kier molecular flexibility index (Phi) is 14.6. The summed E-state index contributed by atoms with van der Waals surface area (Å²) in [5, 5.41) is 0.980. The molecule has 0 aromatic carbocycles. The second-order valence-corrected chi connectivity index (χ2v) is 19.9. The van der Waals surface area contributed by atoms with Crippen LogP contribution in [0.1, 0.15) is 127 Å². The molecule has 336 valence electrons. The predicted molar refractivity (Wildman–Crippen MR) is 224 cm³/mol. The van der Waals surface area contributed by atoms with E-state index in [-0.39, 0.29) is 102 Å². The molecular weight excluding hydrogens is 789 g/mol. The maximum absolute atomic E-state index is 15.1. The number of thiazole rings is 1. The van der Waals surface area contributed by atoms with Gasteiger partial charge in [0.15, 0.2) is 18.4 Å². The molecule has 0 N–H and O–H groups in total. The quantitative estimate of drug-likeness (QED) is 0.227. The molecule has 4 fully saturated rings. The van der Waals surface area contributed by atoms with Gasteiger partial charge in [-0.2, -0.15) is 0 Å². The van der Waals surface area contributed by atoms with Gasteiger partial charge in [-0.25, -0.2) is 4.98 Å². The number of nitrogens with zero attached hydrogens (tertiary/aromatic N) is 2. The summed E-state index contributed by atoms with van der Waals surface area (Å²) >= 11 is 1.73. The van der Waals surface area contributed by atoms with Crippen molar-refractivity contribution in [1.82, 2.24) is 9.88 Å². The highest BCUT2D eigenvalue weighted by Crippen LogP contribution is 2.62. The van der Waals surface area contributed by atoms with Crippen molar-refractivity contribution in [3.8, 4) is 0 Å². The fourth-order valence-electron chi connectivity index (χ4n) is 11.6. The molecule has 3 aliphatic carbocycles. The number of cyclic esters (lactones) is 1. The number of likely N-dealkylation sites (N-methyl/N-ethyl adjacent to an activating group) is 1. The summed E-state index contributed by atoms with van der Waals surface area (Å²) in [4.78, 5) is 50.0. The molecule has 6 aliphatic rings. The number of amides is 1. The van der Waals surface area contributed by atoms with Crippen molar-refractivity contribution >= 4 is 29.0 Å². The van der Waals surface area contributed by atoms with Crippen LogP contribution in [0.5, 0.6) is 0 Å². The summed E-state index contributed by atoms with van der Waals surface area (Å²) in [7, 11) is 6.81. The summed E-state index contributed by atoms with van der Waals surface area (Å²) in [6.45, 7) is 13.9. The number of carbonyl (C=O) groups is 3. The number of hydrogen-bond donors (Lipinski definition) is 0. The molecule has 0 radical (unpaired) electrons. The van der Waals surface area contributed by atoms with Crippen LogP contribution < -0.4 is 0 Å². The number of methoxy groups -OCH3 is 3. The first-order chi connectivity index (χ1) is 28.7. The highest BCUT2D eigenvalue weighted by molar-refractivity contribution is 7.11. The Morgan fingerprint density at radius 1 is 0.933 bits per heavy atom. The monoisotopic (exact) mass is 858 g/mol. The topological polar surface area (TPSA) is 141 Å². The Hall–Kier alpha value is -2.30. The fourth-order valence-corrected chi connectivity index (χ4v) is 12.8. The van der Waals surface area contributed by atoms with Gasteiger partial charge in [0.05, 0.1) is 47.6 Å². The number of hydrogen-bond acceptors (Lipinski definition) is 13. The lowest BCUT2D eigenvalue weighted by Crippen LogP contribution is -2.59. The third-order valence-corrected chi connectivity index (χ3v) is 15.8. The molecule has 3 aliphatic heterocycles. The highest BCUT2D eigenvalue weighted by Gasteiger charge is 2.57. The molecule has 13 nitrogen and oxygen atoms in total. The van der Waals surface area contributed by atoms with E-state index in [1.54, 1.807) is 32.7 Å². The van der Waals surface area contributed by atoms with E-state index in [2.05, 4.69) is 13.0 Å².